The fourth-order valence-electron chi connectivity index (χ4n) is 2.10. The van der Waals surface area contributed by atoms with Crippen molar-refractivity contribution >= 4 is 11.7 Å². The number of rotatable bonds is 5. The summed E-state index contributed by atoms with van der Waals surface area (Å²) >= 11 is 0. The van der Waals surface area contributed by atoms with Crippen molar-refractivity contribution in [3.63, 3.8) is 0 Å². The van der Waals surface area contributed by atoms with Crippen LogP contribution < -0.4 is 5.32 Å². The summed E-state index contributed by atoms with van der Waals surface area (Å²) in [6.45, 7) is 0. The van der Waals surface area contributed by atoms with E-state index in [9.17, 15) is 22.8 Å². The molecule has 0 heterocycles. The van der Waals surface area contributed by atoms with Gasteiger partial charge in [-0.2, -0.15) is 13.2 Å². The average Bonchev–Trinajstić information content (AvgIpc) is 2.55. The van der Waals surface area contributed by atoms with Crippen molar-refractivity contribution < 1.29 is 22.8 Å². The molecule has 0 fully saturated rings. The van der Waals surface area contributed by atoms with Gasteiger partial charge in [-0.1, -0.05) is 60.7 Å². The number of halogens is 3. The van der Waals surface area contributed by atoms with Crippen molar-refractivity contribution in [1.29, 1.82) is 0 Å². The summed E-state index contributed by atoms with van der Waals surface area (Å²) in [5, 5.41) is 1.89. The number of carbonyl (C=O) groups excluding carboxylic acids is 2. The summed E-state index contributed by atoms with van der Waals surface area (Å²) in [5.41, 5.74) is 0.823. The number of Topliss-reactive ketones (excluding diaryl/α,β-unsaturated/α-hetero) is 1. The minimum Gasteiger partial charge on any atom is -0.341 e. The van der Waals surface area contributed by atoms with Gasteiger partial charge < -0.3 is 5.32 Å². The normalized spacial score (nSPS) is 12.5. The Morgan fingerprint density at radius 3 is 1.96 bits per heavy atom. The van der Waals surface area contributed by atoms with Crippen LogP contribution in [0.25, 0.3) is 0 Å². The van der Waals surface area contributed by atoms with Crippen LogP contribution in [0, 0.1) is 0 Å². The van der Waals surface area contributed by atoms with Gasteiger partial charge in [0, 0.05) is 12.0 Å². The molecule has 1 atom stereocenters. The van der Waals surface area contributed by atoms with E-state index in [0.717, 1.165) is 0 Å². The van der Waals surface area contributed by atoms with Crippen molar-refractivity contribution in [3.05, 3.63) is 71.8 Å². The van der Waals surface area contributed by atoms with Crippen LogP contribution in [-0.2, 0) is 4.79 Å². The highest BCUT2D eigenvalue weighted by molar-refractivity contribution is 5.96. The SMILES string of the molecule is O=C(C[C@@H](NC(=O)C(F)(F)F)c1ccccc1)c1ccccc1. The van der Waals surface area contributed by atoms with E-state index < -0.39 is 18.1 Å². The van der Waals surface area contributed by atoms with Crippen LogP contribution in [0.1, 0.15) is 28.4 Å². The van der Waals surface area contributed by atoms with E-state index in [-0.39, 0.29) is 12.2 Å². The maximum Gasteiger partial charge on any atom is 0.471 e. The van der Waals surface area contributed by atoms with Crippen LogP contribution in [0.2, 0.25) is 0 Å². The lowest BCUT2D eigenvalue weighted by molar-refractivity contribution is -0.174. The minimum atomic E-state index is -5.00. The van der Waals surface area contributed by atoms with Crippen LogP contribution in [0.4, 0.5) is 13.2 Å². The first-order valence-electron chi connectivity index (χ1n) is 6.89. The Morgan fingerprint density at radius 1 is 0.913 bits per heavy atom. The van der Waals surface area contributed by atoms with E-state index in [1.54, 1.807) is 60.7 Å². The second-order valence-electron chi connectivity index (χ2n) is 4.93. The van der Waals surface area contributed by atoms with Crippen molar-refractivity contribution in [1.82, 2.24) is 5.32 Å². The molecule has 3 nitrogen and oxygen atoms in total. The molecule has 2 aromatic carbocycles. The highest BCUT2D eigenvalue weighted by atomic mass is 19.4. The van der Waals surface area contributed by atoms with E-state index in [1.165, 1.54) is 0 Å². The Hall–Kier alpha value is -2.63. The van der Waals surface area contributed by atoms with Crippen LogP contribution >= 0.6 is 0 Å². The molecule has 0 aromatic heterocycles. The van der Waals surface area contributed by atoms with E-state index in [1.807, 2.05) is 5.32 Å². The lowest BCUT2D eigenvalue weighted by Gasteiger charge is -2.19. The highest BCUT2D eigenvalue weighted by Crippen LogP contribution is 2.22. The molecular formula is C17H14F3NO2. The molecule has 2 rings (SSSR count). The van der Waals surface area contributed by atoms with Crippen molar-refractivity contribution in [2.75, 3.05) is 0 Å². The fourth-order valence-corrected chi connectivity index (χ4v) is 2.10. The van der Waals surface area contributed by atoms with Crippen LogP contribution in [0.5, 0.6) is 0 Å². The summed E-state index contributed by atoms with van der Waals surface area (Å²) < 4.78 is 37.5. The molecule has 23 heavy (non-hydrogen) atoms. The highest BCUT2D eigenvalue weighted by Gasteiger charge is 2.40. The third-order valence-electron chi connectivity index (χ3n) is 3.25. The zero-order chi connectivity index (χ0) is 16.9. The Kier molecular flexibility index (Phi) is 5.16. The van der Waals surface area contributed by atoms with Crippen molar-refractivity contribution in [2.24, 2.45) is 0 Å². The first-order chi connectivity index (χ1) is 10.9. The average molecular weight is 321 g/mol. The monoisotopic (exact) mass is 321 g/mol. The molecule has 6 heteroatoms. The Balaban J connectivity index is 2.21. The number of benzene rings is 2. The van der Waals surface area contributed by atoms with Crippen LogP contribution in [0.3, 0.4) is 0 Å². The quantitative estimate of drug-likeness (QED) is 0.854. The molecule has 0 saturated carbocycles. The number of nitrogens with one attached hydrogen (secondary N) is 1. The first-order valence-corrected chi connectivity index (χ1v) is 6.89. The van der Waals surface area contributed by atoms with Crippen LogP contribution in [-0.4, -0.2) is 17.9 Å². The molecule has 0 aliphatic heterocycles. The minimum absolute atomic E-state index is 0.254. The first kappa shape index (κ1) is 16.7. The van der Waals surface area contributed by atoms with E-state index >= 15 is 0 Å². The number of carbonyl (C=O) groups is 2. The molecule has 0 unspecified atom stereocenters. The third kappa shape index (κ3) is 4.67. The maximum absolute atomic E-state index is 12.5. The summed E-state index contributed by atoms with van der Waals surface area (Å²) in [6, 6.07) is 15.3. The molecule has 0 spiro atoms. The summed E-state index contributed by atoms with van der Waals surface area (Å²) in [4.78, 5) is 23.4. The molecule has 0 bridgehead atoms. The van der Waals surface area contributed by atoms with E-state index in [4.69, 9.17) is 0 Å². The van der Waals surface area contributed by atoms with Crippen molar-refractivity contribution in [2.45, 2.75) is 18.6 Å². The van der Waals surface area contributed by atoms with Gasteiger partial charge in [0.2, 0.25) is 0 Å². The van der Waals surface area contributed by atoms with E-state index in [2.05, 4.69) is 0 Å². The van der Waals surface area contributed by atoms with Gasteiger partial charge in [-0.25, -0.2) is 0 Å². The van der Waals surface area contributed by atoms with E-state index in [0.29, 0.717) is 11.1 Å². The Labute approximate surface area is 131 Å². The Bertz CT molecular complexity index is 669. The maximum atomic E-state index is 12.5. The standard InChI is InChI=1S/C17H14F3NO2/c18-17(19,20)16(23)21-14(12-7-3-1-4-8-12)11-15(22)13-9-5-2-6-10-13/h1-10,14H,11H2,(H,21,23)/t14-/m1/s1. The summed E-state index contributed by atoms with van der Waals surface area (Å²) in [6.07, 6.45) is -5.25. The van der Waals surface area contributed by atoms with Crippen molar-refractivity contribution in [3.8, 4) is 0 Å². The lowest BCUT2D eigenvalue weighted by atomic mass is 9.98. The largest absolute Gasteiger partial charge is 0.471 e. The second kappa shape index (κ2) is 7.09. The molecular weight excluding hydrogens is 307 g/mol. The van der Waals surface area contributed by atoms with Gasteiger partial charge in [0.25, 0.3) is 0 Å². The zero-order valence-corrected chi connectivity index (χ0v) is 12.0. The molecule has 0 radical (unpaired) electrons. The van der Waals surface area contributed by atoms with Gasteiger partial charge >= 0.3 is 12.1 Å². The smallest absolute Gasteiger partial charge is 0.341 e. The van der Waals surface area contributed by atoms with Gasteiger partial charge in [-0.3, -0.25) is 9.59 Å². The molecule has 2 aromatic rings. The Morgan fingerprint density at radius 2 is 1.43 bits per heavy atom. The lowest BCUT2D eigenvalue weighted by Crippen LogP contribution is -2.39. The van der Waals surface area contributed by atoms with Gasteiger partial charge in [0.15, 0.2) is 5.78 Å². The number of hydrogen-bond acceptors (Lipinski definition) is 2. The summed E-state index contributed by atoms with van der Waals surface area (Å²) in [7, 11) is 0. The second-order valence-corrected chi connectivity index (χ2v) is 4.93. The van der Waals surface area contributed by atoms with Gasteiger partial charge in [-0.15, -0.1) is 0 Å². The molecule has 0 aliphatic carbocycles. The molecule has 0 aliphatic rings. The molecule has 1 amide bonds. The van der Waals surface area contributed by atoms with Gasteiger partial charge in [0.05, 0.1) is 6.04 Å². The van der Waals surface area contributed by atoms with Crippen LogP contribution in [0.15, 0.2) is 60.7 Å². The van der Waals surface area contributed by atoms with Gasteiger partial charge in [0.1, 0.15) is 0 Å². The predicted octanol–water partition coefficient (Wildman–Crippen LogP) is 3.68. The topological polar surface area (TPSA) is 46.2 Å². The third-order valence-corrected chi connectivity index (χ3v) is 3.25. The number of amides is 1. The fraction of sp³-hybridized carbons (Fsp3) is 0.176. The predicted molar refractivity (Wildman–Crippen MR) is 78.8 cm³/mol. The summed E-state index contributed by atoms with van der Waals surface area (Å²) in [5.74, 6) is -2.41. The molecule has 1 N–H and O–H groups in total. The zero-order valence-electron chi connectivity index (χ0n) is 12.0. The molecule has 120 valence electrons. The van der Waals surface area contributed by atoms with Gasteiger partial charge in [-0.05, 0) is 5.56 Å². The number of alkyl halides is 3. The number of ketones is 1. The number of hydrogen-bond donors (Lipinski definition) is 1. The molecule has 0 saturated heterocycles.